The third kappa shape index (κ3) is 4.22. The maximum atomic E-state index is 6.47. The molecule has 11 rings (SSSR count). The molecule has 51 heavy (non-hydrogen) atoms. The number of hydrogen-bond acceptors (Lipinski definition) is 1. The fourth-order valence-corrected chi connectivity index (χ4v) is 8.53. The molecule has 0 aliphatic carbocycles. The highest BCUT2D eigenvalue weighted by Crippen LogP contribution is 2.46. The van der Waals surface area contributed by atoms with E-state index in [1.165, 1.54) is 81.9 Å². The van der Waals surface area contributed by atoms with Crippen LogP contribution < -0.4 is 0 Å². The Kier molecular flexibility index (Phi) is 6.02. The normalized spacial score (nSPS) is 11.9. The van der Waals surface area contributed by atoms with Gasteiger partial charge < -0.3 is 4.42 Å². The third-order valence-electron chi connectivity index (χ3n) is 10.8. The quantitative estimate of drug-likeness (QED) is 0.174. The molecule has 0 amide bonds. The van der Waals surface area contributed by atoms with Crippen molar-refractivity contribution < 1.29 is 4.42 Å². The van der Waals surface area contributed by atoms with Crippen molar-refractivity contribution >= 4 is 75.8 Å². The van der Waals surface area contributed by atoms with Crippen molar-refractivity contribution in [1.29, 1.82) is 0 Å². The predicted octanol–water partition coefficient (Wildman–Crippen LogP) is 14.4. The highest BCUT2D eigenvalue weighted by molar-refractivity contribution is 6.24. The first-order valence-corrected chi connectivity index (χ1v) is 17.6. The van der Waals surface area contributed by atoms with E-state index in [4.69, 9.17) is 4.42 Å². The minimum atomic E-state index is 0.912. The van der Waals surface area contributed by atoms with Gasteiger partial charge in [-0.3, -0.25) is 0 Å². The maximum absolute atomic E-state index is 6.47. The van der Waals surface area contributed by atoms with Crippen molar-refractivity contribution in [1.82, 2.24) is 0 Å². The lowest BCUT2D eigenvalue weighted by atomic mass is 9.84. The maximum Gasteiger partial charge on any atom is 0.143 e. The molecule has 10 aromatic carbocycles. The van der Waals surface area contributed by atoms with Crippen LogP contribution in [0.3, 0.4) is 0 Å². The Morgan fingerprint density at radius 1 is 0.275 bits per heavy atom. The molecule has 11 aromatic rings. The van der Waals surface area contributed by atoms with Crippen molar-refractivity contribution in [2.24, 2.45) is 0 Å². The summed E-state index contributed by atoms with van der Waals surface area (Å²) in [5.74, 6) is 0. The average Bonchev–Trinajstić information content (AvgIpc) is 3.58. The Balaban J connectivity index is 1.15. The fourth-order valence-electron chi connectivity index (χ4n) is 8.53. The molecule has 0 aliphatic rings. The van der Waals surface area contributed by atoms with E-state index in [0.29, 0.717) is 0 Å². The van der Waals surface area contributed by atoms with E-state index < -0.39 is 0 Å². The van der Waals surface area contributed by atoms with Gasteiger partial charge in [0.2, 0.25) is 0 Å². The summed E-state index contributed by atoms with van der Waals surface area (Å²) < 4.78 is 6.47. The molecular weight excluding hydrogens is 617 g/mol. The molecule has 0 saturated carbocycles. The summed E-state index contributed by atoms with van der Waals surface area (Å²) in [6, 6.07) is 66.4. The van der Waals surface area contributed by atoms with E-state index in [0.717, 1.165) is 27.3 Å². The van der Waals surface area contributed by atoms with E-state index in [9.17, 15) is 0 Å². The molecule has 0 aliphatic heterocycles. The SMILES string of the molecule is c1ccc2cc(-c3c4ccccc4c(-c4cccc5c(-c6ccc7oc8c9ccccc9ccc8c7c6)cccc45)c4ccccc34)ccc2c1. The van der Waals surface area contributed by atoms with Crippen LogP contribution >= 0.6 is 0 Å². The number of rotatable bonds is 3. The number of fused-ring (bicyclic) bond motifs is 9. The molecular formula is C50H30O. The number of furan rings is 1. The Labute approximate surface area is 294 Å². The van der Waals surface area contributed by atoms with E-state index in [1.807, 2.05) is 0 Å². The van der Waals surface area contributed by atoms with E-state index in [2.05, 4.69) is 182 Å². The largest absolute Gasteiger partial charge is 0.455 e. The first kappa shape index (κ1) is 28.2. The molecule has 0 spiro atoms. The van der Waals surface area contributed by atoms with Crippen LogP contribution in [0.1, 0.15) is 0 Å². The van der Waals surface area contributed by atoms with Gasteiger partial charge >= 0.3 is 0 Å². The minimum absolute atomic E-state index is 0.912. The van der Waals surface area contributed by atoms with Gasteiger partial charge in [0.15, 0.2) is 0 Å². The van der Waals surface area contributed by atoms with Crippen LogP contribution in [-0.2, 0) is 0 Å². The second-order valence-corrected chi connectivity index (χ2v) is 13.6. The monoisotopic (exact) mass is 646 g/mol. The van der Waals surface area contributed by atoms with Crippen LogP contribution in [0.15, 0.2) is 186 Å². The van der Waals surface area contributed by atoms with Gasteiger partial charge in [-0.2, -0.15) is 0 Å². The zero-order valence-electron chi connectivity index (χ0n) is 27.7. The van der Waals surface area contributed by atoms with Crippen LogP contribution in [0.25, 0.3) is 109 Å². The second kappa shape index (κ2) is 10.9. The van der Waals surface area contributed by atoms with E-state index in [-0.39, 0.29) is 0 Å². The zero-order chi connectivity index (χ0) is 33.5. The van der Waals surface area contributed by atoms with E-state index >= 15 is 0 Å². The molecule has 1 heterocycles. The Morgan fingerprint density at radius 2 is 0.824 bits per heavy atom. The topological polar surface area (TPSA) is 13.1 Å². The summed E-state index contributed by atoms with van der Waals surface area (Å²) in [7, 11) is 0. The molecule has 0 fully saturated rings. The van der Waals surface area contributed by atoms with Gasteiger partial charge in [0.25, 0.3) is 0 Å². The predicted molar refractivity (Wildman–Crippen MR) is 218 cm³/mol. The van der Waals surface area contributed by atoms with Crippen molar-refractivity contribution in [2.75, 3.05) is 0 Å². The van der Waals surface area contributed by atoms with Gasteiger partial charge in [0, 0.05) is 16.2 Å². The highest BCUT2D eigenvalue weighted by atomic mass is 16.3. The van der Waals surface area contributed by atoms with Gasteiger partial charge in [-0.25, -0.2) is 0 Å². The Hall–Kier alpha value is -6.70. The van der Waals surface area contributed by atoms with Crippen LogP contribution in [0.5, 0.6) is 0 Å². The number of hydrogen-bond donors (Lipinski definition) is 0. The third-order valence-corrected chi connectivity index (χ3v) is 10.8. The van der Waals surface area contributed by atoms with Gasteiger partial charge in [-0.15, -0.1) is 0 Å². The second-order valence-electron chi connectivity index (χ2n) is 13.6. The van der Waals surface area contributed by atoms with Crippen LogP contribution in [0.2, 0.25) is 0 Å². The van der Waals surface area contributed by atoms with Crippen molar-refractivity contribution in [2.45, 2.75) is 0 Å². The summed E-state index contributed by atoms with van der Waals surface area (Å²) in [5.41, 5.74) is 9.30. The molecule has 0 bridgehead atoms. The summed E-state index contributed by atoms with van der Waals surface area (Å²) in [6.07, 6.45) is 0. The molecule has 1 nitrogen and oxygen atoms in total. The van der Waals surface area contributed by atoms with Gasteiger partial charge in [-0.1, -0.05) is 158 Å². The molecule has 1 heteroatoms. The molecule has 0 radical (unpaired) electrons. The summed E-state index contributed by atoms with van der Waals surface area (Å²) in [6.45, 7) is 0. The van der Waals surface area contributed by atoms with E-state index in [1.54, 1.807) is 0 Å². The first-order valence-electron chi connectivity index (χ1n) is 17.6. The van der Waals surface area contributed by atoms with Crippen molar-refractivity contribution in [3.05, 3.63) is 182 Å². The smallest absolute Gasteiger partial charge is 0.143 e. The van der Waals surface area contributed by atoms with Crippen molar-refractivity contribution in [3.63, 3.8) is 0 Å². The minimum Gasteiger partial charge on any atom is -0.455 e. The molecule has 1 aromatic heterocycles. The average molecular weight is 647 g/mol. The molecule has 0 atom stereocenters. The molecule has 0 saturated heterocycles. The first-order chi connectivity index (χ1) is 25.3. The molecule has 0 N–H and O–H groups in total. The molecule has 236 valence electrons. The standard InChI is InChI=1S/C50H30O/c1-2-13-33-29-35(24-23-31(33)11-1)48-41-15-5-7-17-43(41)49(44-18-8-6-16-42(44)48)40-22-10-20-38-36(19-9-21-39(38)40)34-26-28-47-46(30-34)45-27-25-32-12-3-4-14-37(32)50(45)51-47/h1-30H. The highest BCUT2D eigenvalue weighted by Gasteiger charge is 2.19. The Bertz CT molecular complexity index is 3140. The zero-order valence-corrected chi connectivity index (χ0v) is 27.7. The lowest BCUT2D eigenvalue weighted by Crippen LogP contribution is -1.92. The van der Waals surface area contributed by atoms with Crippen LogP contribution in [0.4, 0.5) is 0 Å². The van der Waals surface area contributed by atoms with Crippen LogP contribution in [0, 0.1) is 0 Å². The van der Waals surface area contributed by atoms with Gasteiger partial charge in [0.1, 0.15) is 11.2 Å². The van der Waals surface area contributed by atoms with Crippen LogP contribution in [-0.4, -0.2) is 0 Å². The Morgan fingerprint density at radius 3 is 1.57 bits per heavy atom. The number of benzene rings is 10. The molecule has 0 unspecified atom stereocenters. The summed E-state index contributed by atoms with van der Waals surface area (Å²) in [5, 5.41) is 14.7. The lowest BCUT2D eigenvalue weighted by molar-refractivity contribution is 0.672. The van der Waals surface area contributed by atoms with Gasteiger partial charge in [0.05, 0.1) is 0 Å². The fraction of sp³-hybridized carbons (Fsp3) is 0. The van der Waals surface area contributed by atoms with Gasteiger partial charge in [-0.05, 0) is 106 Å². The lowest BCUT2D eigenvalue weighted by Gasteiger charge is -2.19. The van der Waals surface area contributed by atoms with Crippen molar-refractivity contribution in [3.8, 4) is 33.4 Å². The summed E-state index contributed by atoms with van der Waals surface area (Å²) in [4.78, 5) is 0. The summed E-state index contributed by atoms with van der Waals surface area (Å²) >= 11 is 0.